The minimum atomic E-state index is -0.617. The lowest BCUT2D eigenvalue weighted by molar-refractivity contribution is -0.140. The number of nitrogens with zero attached hydrogens (tertiary/aromatic N) is 2. The second-order valence-electron chi connectivity index (χ2n) is 5.90. The highest BCUT2D eigenvalue weighted by Gasteiger charge is 2.40. The van der Waals surface area contributed by atoms with Crippen LogP contribution < -0.4 is 5.32 Å². The van der Waals surface area contributed by atoms with E-state index in [1.165, 1.54) is 22.3 Å². The molecule has 126 valence electrons. The molecule has 1 aromatic carbocycles. The summed E-state index contributed by atoms with van der Waals surface area (Å²) in [6.07, 6.45) is 0.662. The highest BCUT2D eigenvalue weighted by Crippen LogP contribution is 2.37. The zero-order valence-electron chi connectivity index (χ0n) is 13.5. The Morgan fingerprint density at radius 3 is 2.83 bits per heavy atom. The number of nitrogens with one attached hydrogen (secondary N) is 1. The number of anilines is 1. The molecule has 2 atom stereocenters. The van der Waals surface area contributed by atoms with Gasteiger partial charge in [0.15, 0.2) is 5.13 Å². The molecule has 5 nitrogen and oxygen atoms in total. The molecule has 1 aliphatic heterocycles. The summed E-state index contributed by atoms with van der Waals surface area (Å²) in [5.74, 6) is -1.25. The number of carbonyl (C=O) groups is 2. The van der Waals surface area contributed by atoms with Gasteiger partial charge >= 0.3 is 0 Å². The van der Waals surface area contributed by atoms with Gasteiger partial charge in [-0.2, -0.15) is 0 Å². The molecule has 0 spiro atoms. The van der Waals surface area contributed by atoms with Crippen molar-refractivity contribution in [2.45, 2.75) is 25.8 Å². The van der Waals surface area contributed by atoms with Crippen molar-refractivity contribution in [1.29, 1.82) is 0 Å². The molecule has 0 radical (unpaired) electrons. The third kappa shape index (κ3) is 3.17. The van der Waals surface area contributed by atoms with Gasteiger partial charge in [0.25, 0.3) is 0 Å². The molecule has 2 amide bonds. The average Bonchev–Trinajstić information content (AvgIpc) is 2.95. The molecule has 2 aromatic rings. The second kappa shape index (κ2) is 6.68. The maximum Gasteiger partial charge on any atom is 0.231 e. The third-order valence-corrected chi connectivity index (χ3v) is 5.15. The molecule has 0 unspecified atom stereocenters. The van der Waals surface area contributed by atoms with Crippen LogP contribution in [0.2, 0.25) is 0 Å². The lowest BCUT2D eigenvalue weighted by atomic mass is 9.84. The van der Waals surface area contributed by atoms with Gasteiger partial charge in [0.1, 0.15) is 5.82 Å². The molecule has 7 heteroatoms. The van der Waals surface area contributed by atoms with Crippen LogP contribution in [0.5, 0.6) is 0 Å². The normalized spacial score (nSPS) is 21.0. The van der Waals surface area contributed by atoms with Crippen molar-refractivity contribution in [1.82, 2.24) is 9.88 Å². The molecule has 3 rings (SSSR count). The van der Waals surface area contributed by atoms with Crippen molar-refractivity contribution in [2.24, 2.45) is 5.92 Å². The summed E-state index contributed by atoms with van der Waals surface area (Å²) in [5.41, 5.74) is 1.19. The average molecular weight is 347 g/mol. The van der Waals surface area contributed by atoms with Crippen molar-refractivity contribution in [3.63, 3.8) is 0 Å². The topological polar surface area (TPSA) is 62.3 Å². The molecule has 0 aliphatic carbocycles. The van der Waals surface area contributed by atoms with E-state index in [2.05, 4.69) is 10.3 Å². The third-order valence-electron chi connectivity index (χ3n) is 4.27. The largest absolute Gasteiger partial charge is 0.338 e. The van der Waals surface area contributed by atoms with Crippen molar-refractivity contribution in [3.05, 3.63) is 46.7 Å². The van der Waals surface area contributed by atoms with Crippen LogP contribution in [-0.4, -0.2) is 28.7 Å². The number of benzene rings is 1. The lowest BCUT2D eigenvalue weighted by Crippen LogP contribution is -2.44. The quantitative estimate of drug-likeness (QED) is 0.928. The Morgan fingerprint density at radius 2 is 2.17 bits per heavy atom. The smallest absolute Gasteiger partial charge is 0.231 e. The predicted molar refractivity (Wildman–Crippen MR) is 90.1 cm³/mol. The Hall–Kier alpha value is -2.28. The first kappa shape index (κ1) is 16.6. The summed E-state index contributed by atoms with van der Waals surface area (Å²) < 4.78 is 14.3. The predicted octanol–water partition coefficient (Wildman–Crippen LogP) is 3.14. The van der Waals surface area contributed by atoms with E-state index < -0.39 is 17.8 Å². The molecule has 1 fully saturated rings. The molecule has 1 N–H and O–H groups in total. The molecule has 1 aromatic heterocycles. The van der Waals surface area contributed by atoms with Gasteiger partial charge < -0.3 is 10.2 Å². The van der Waals surface area contributed by atoms with Crippen LogP contribution in [0.3, 0.4) is 0 Å². The highest BCUT2D eigenvalue weighted by molar-refractivity contribution is 7.13. The van der Waals surface area contributed by atoms with Gasteiger partial charge in [-0.05, 0) is 19.4 Å². The summed E-state index contributed by atoms with van der Waals surface area (Å²) in [6, 6.07) is 5.67. The number of aryl methyl sites for hydroxylation is 1. The molecule has 1 saturated heterocycles. The Labute approximate surface area is 143 Å². The molecular weight excluding hydrogens is 329 g/mol. The van der Waals surface area contributed by atoms with E-state index in [0.717, 1.165) is 5.69 Å². The summed E-state index contributed by atoms with van der Waals surface area (Å²) in [7, 11) is 1.62. The fourth-order valence-corrected chi connectivity index (χ4v) is 3.75. The molecule has 0 bridgehead atoms. The van der Waals surface area contributed by atoms with Crippen molar-refractivity contribution in [2.75, 3.05) is 12.4 Å². The first-order valence-corrected chi connectivity index (χ1v) is 8.58. The standard InChI is InChI=1S/C17H18FN3O2S/c1-10-9-24-17(19-10)20-16(23)12-7-8-14(22)21(2)15(12)11-5-3-4-6-13(11)18/h3-6,9,12,15H,7-8H2,1-2H3,(H,19,20,23)/t12-,15-/m1/s1. The number of aromatic nitrogens is 1. The van der Waals surface area contributed by atoms with Gasteiger partial charge in [-0.1, -0.05) is 18.2 Å². The molecule has 1 aliphatic rings. The summed E-state index contributed by atoms with van der Waals surface area (Å²) in [5, 5.41) is 5.16. The van der Waals surface area contributed by atoms with Crippen LogP contribution in [-0.2, 0) is 9.59 Å². The van der Waals surface area contributed by atoms with Gasteiger partial charge in [-0.3, -0.25) is 9.59 Å². The Kier molecular flexibility index (Phi) is 4.62. The van der Waals surface area contributed by atoms with E-state index >= 15 is 0 Å². The van der Waals surface area contributed by atoms with E-state index in [1.807, 2.05) is 12.3 Å². The molecule has 2 heterocycles. The Morgan fingerprint density at radius 1 is 1.42 bits per heavy atom. The first-order valence-electron chi connectivity index (χ1n) is 7.70. The number of piperidine rings is 1. The van der Waals surface area contributed by atoms with Crippen LogP contribution in [0.4, 0.5) is 9.52 Å². The van der Waals surface area contributed by atoms with Crippen LogP contribution in [0.25, 0.3) is 0 Å². The zero-order chi connectivity index (χ0) is 17.3. The number of rotatable bonds is 3. The van der Waals surface area contributed by atoms with Crippen LogP contribution in [0, 0.1) is 18.7 Å². The maximum atomic E-state index is 14.3. The monoisotopic (exact) mass is 347 g/mol. The number of halogens is 1. The van der Waals surface area contributed by atoms with Crippen molar-refractivity contribution < 1.29 is 14.0 Å². The van der Waals surface area contributed by atoms with Crippen LogP contribution in [0.15, 0.2) is 29.6 Å². The molecule has 0 saturated carbocycles. The highest BCUT2D eigenvalue weighted by atomic mass is 32.1. The van der Waals surface area contributed by atoms with Gasteiger partial charge in [0.05, 0.1) is 17.7 Å². The number of amides is 2. The van der Waals surface area contributed by atoms with E-state index in [0.29, 0.717) is 17.1 Å². The maximum absolute atomic E-state index is 14.3. The van der Waals surface area contributed by atoms with Gasteiger partial charge in [-0.15, -0.1) is 11.3 Å². The SMILES string of the molecule is Cc1csc(NC(=O)[C@@H]2CCC(=O)N(C)[C@@H]2c2ccccc2F)n1. The molecular formula is C17H18FN3O2S. The number of hydrogen-bond acceptors (Lipinski definition) is 4. The fraction of sp³-hybridized carbons (Fsp3) is 0.353. The summed E-state index contributed by atoms with van der Waals surface area (Å²) in [6.45, 7) is 1.85. The van der Waals surface area contributed by atoms with Gasteiger partial charge in [0.2, 0.25) is 11.8 Å². The Balaban J connectivity index is 1.90. The van der Waals surface area contributed by atoms with Crippen LogP contribution >= 0.6 is 11.3 Å². The second-order valence-corrected chi connectivity index (χ2v) is 6.76. The van der Waals surface area contributed by atoms with E-state index in [1.54, 1.807) is 25.2 Å². The Bertz CT molecular complexity index is 777. The number of thiazole rings is 1. The van der Waals surface area contributed by atoms with Crippen molar-refractivity contribution in [3.8, 4) is 0 Å². The van der Waals surface area contributed by atoms with E-state index in [9.17, 15) is 14.0 Å². The lowest BCUT2D eigenvalue weighted by Gasteiger charge is -2.38. The van der Waals surface area contributed by atoms with Gasteiger partial charge in [0, 0.05) is 24.4 Å². The number of hydrogen-bond donors (Lipinski definition) is 1. The van der Waals surface area contributed by atoms with E-state index in [-0.39, 0.29) is 18.2 Å². The number of carbonyl (C=O) groups excluding carboxylic acids is 2. The zero-order valence-corrected chi connectivity index (χ0v) is 14.3. The fourth-order valence-electron chi connectivity index (χ4n) is 3.06. The van der Waals surface area contributed by atoms with Gasteiger partial charge in [-0.25, -0.2) is 9.37 Å². The van der Waals surface area contributed by atoms with Crippen LogP contribution in [0.1, 0.15) is 30.1 Å². The summed E-state index contributed by atoms with van der Waals surface area (Å²) >= 11 is 1.35. The minimum absolute atomic E-state index is 0.0857. The van der Waals surface area contributed by atoms with E-state index in [4.69, 9.17) is 0 Å². The van der Waals surface area contributed by atoms with Crippen molar-refractivity contribution >= 4 is 28.3 Å². The minimum Gasteiger partial charge on any atom is -0.338 e. The summed E-state index contributed by atoms with van der Waals surface area (Å²) in [4.78, 5) is 30.5. The molecule has 24 heavy (non-hydrogen) atoms. The first-order chi connectivity index (χ1) is 11.5. The number of likely N-dealkylation sites (tertiary alicyclic amines) is 1.